The number of hydrogen-bond acceptors (Lipinski definition) is 11. The van der Waals surface area contributed by atoms with Crippen molar-refractivity contribution in [3.8, 4) is 0 Å². The van der Waals surface area contributed by atoms with Crippen molar-refractivity contribution in [3.05, 3.63) is 22.7 Å². The van der Waals surface area contributed by atoms with Gasteiger partial charge in [-0.2, -0.15) is 9.29 Å². The van der Waals surface area contributed by atoms with Crippen molar-refractivity contribution in [1.29, 1.82) is 0 Å². The van der Waals surface area contributed by atoms with Gasteiger partial charge in [-0.15, -0.1) is 0 Å². The molecule has 1 fully saturated rings. The van der Waals surface area contributed by atoms with E-state index in [4.69, 9.17) is 30.3 Å². The summed E-state index contributed by atoms with van der Waals surface area (Å²) in [5.41, 5.74) is 4.45. The van der Waals surface area contributed by atoms with Crippen LogP contribution in [-0.4, -0.2) is 103 Å². The number of anilines is 1. The van der Waals surface area contributed by atoms with Gasteiger partial charge in [-0.05, 0) is 6.07 Å². The quantitative estimate of drug-likeness (QED) is 0.0941. The Kier molecular flexibility index (Phi) is 13.1. The number of aromatic nitrogens is 2. The second kappa shape index (κ2) is 13.2. The van der Waals surface area contributed by atoms with E-state index in [0.717, 1.165) is 21.8 Å². The predicted molar refractivity (Wildman–Crippen MR) is 108 cm³/mol. The van der Waals surface area contributed by atoms with Gasteiger partial charge in [-0.3, -0.25) is 9.09 Å². The maximum absolute atomic E-state index is 11.7. The number of aliphatic hydroxyl groups excluding tert-OH is 3. The zero-order valence-corrected chi connectivity index (χ0v) is 22.3. The first-order valence-corrected chi connectivity index (χ1v) is 12.0. The van der Waals surface area contributed by atoms with Gasteiger partial charge in [0.25, 0.3) is 0 Å². The molecule has 0 radical (unpaired) electrons. The van der Waals surface area contributed by atoms with E-state index < -0.39 is 52.5 Å². The smallest absolute Gasteiger partial charge is 0.391 e. The van der Waals surface area contributed by atoms with Gasteiger partial charge in [0, 0.05) is 6.20 Å². The molecule has 5 atom stereocenters. The fourth-order valence-corrected chi connectivity index (χ4v) is 3.94. The molecule has 1 unspecified atom stereocenters. The molecule has 1 aromatic heterocycles. The van der Waals surface area contributed by atoms with Crippen molar-refractivity contribution in [3.63, 3.8) is 0 Å². The van der Waals surface area contributed by atoms with E-state index in [9.17, 15) is 24.1 Å². The number of aliphatic hydroxyl groups is 3. The van der Waals surface area contributed by atoms with Gasteiger partial charge in [0.05, 0.1) is 34.4 Å². The van der Waals surface area contributed by atoms with Crippen LogP contribution in [0.2, 0.25) is 0 Å². The molecule has 1 saturated heterocycles. The first kappa shape index (κ1) is 32.7. The fraction of sp³-hybridized carbons (Fsp3) is 0.714. The summed E-state index contributed by atoms with van der Waals surface area (Å²) in [6, 6.07) is 1.24. The topological polar surface area (TPSA) is 244 Å². The van der Waals surface area contributed by atoms with E-state index in [-0.39, 0.29) is 42.0 Å². The summed E-state index contributed by atoms with van der Waals surface area (Å²) >= 11 is 0. The summed E-state index contributed by atoms with van der Waals surface area (Å²) in [6.07, 6.45) is -4.93. The van der Waals surface area contributed by atoms with Crippen LogP contribution in [0.15, 0.2) is 17.1 Å². The van der Waals surface area contributed by atoms with Crippen LogP contribution in [0, 0.1) is 0 Å². The molecule has 0 bridgehead atoms. The van der Waals surface area contributed by atoms with Crippen molar-refractivity contribution >= 4 is 21.5 Å². The summed E-state index contributed by atoms with van der Waals surface area (Å²) in [7, 11) is -4.30. The van der Waals surface area contributed by atoms with Crippen molar-refractivity contribution in [2.24, 2.45) is 0 Å². The largest absolute Gasteiger partial charge is 1.00 e. The summed E-state index contributed by atoms with van der Waals surface area (Å²) in [5.74, 6) is -0.0787. The van der Waals surface area contributed by atoms with E-state index in [1.165, 1.54) is 6.07 Å². The Bertz CT molecular complexity index is 907. The van der Waals surface area contributed by atoms with Gasteiger partial charge in [-0.25, -0.2) is 13.9 Å². The van der Waals surface area contributed by atoms with Crippen molar-refractivity contribution in [2.45, 2.75) is 24.5 Å². The molecule has 0 amide bonds. The number of rotatable bonds is 8. The van der Waals surface area contributed by atoms with Crippen molar-refractivity contribution < 1.29 is 86.7 Å². The van der Waals surface area contributed by atoms with E-state index >= 15 is 0 Å². The molecule has 186 valence electrons. The number of nitrogens with zero attached hydrogens (tertiary/aromatic N) is 3. The Hall–Kier alpha value is -0.260. The Morgan fingerprint density at radius 2 is 1.79 bits per heavy atom. The van der Waals surface area contributed by atoms with Crippen LogP contribution in [0.1, 0.15) is 6.23 Å². The van der Waals surface area contributed by atoms with Crippen LogP contribution in [-0.2, 0) is 22.7 Å². The minimum atomic E-state index is -5.30. The average Bonchev–Trinajstić information content (AvgIpc) is 2.86. The third kappa shape index (κ3) is 11.8. The number of hydrogen-bond donors (Lipinski definition) is 7. The average molecular weight is 530 g/mol. The Morgan fingerprint density at radius 3 is 2.21 bits per heavy atom. The maximum atomic E-state index is 11.7. The Labute approximate surface area is 211 Å². The number of phosphoric ester groups is 1. The zero-order valence-electron chi connectivity index (χ0n) is 18.5. The summed E-state index contributed by atoms with van der Waals surface area (Å²) in [5, 5.41) is 28.2. The summed E-state index contributed by atoms with van der Waals surface area (Å²) in [4.78, 5) is 41.3. The Morgan fingerprint density at radius 1 is 1.21 bits per heavy atom. The number of nitrogen functional groups attached to an aromatic ring is 1. The van der Waals surface area contributed by atoms with Crippen LogP contribution >= 0.6 is 15.6 Å². The van der Waals surface area contributed by atoms with Crippen LogP contribution in [0.4, 0.5) is 5.82 Å². The van der Waals surface area contributed by atoms with Crippen LogP contribution in [0.3, 0.4) is 0 Å². The molecular weight excluding hydrogens is 501 g/mol. The molecule has 2 heterocycles. The molecule has 1 aliphatic rings. The van der Waals surface area contributed by atoms with E-state index in [1.807, 2.05) is 0 Å². The minimum Gasteiger partial charge on any atom is -0.391 e. The number of ether oxygens (including phenoxy) is 1. The molecular formula is C14H29N4NaO12P2+2. The van der Waals surface area contributed by atoms with Crippen LogP contribution in [0.5, 0.6) is 0 Å². The fourth-order valence-electron chi connectivity index (χ4n) is 2.34. The van der Waals surface area contributed by atoms with Crippen LogP contribution < -0.4 is 41.0 Å². The number of quaternary nitrogens is 1. The number of phosphoric acid groups is 2. The first-order chi connectivity index (χ1) is 14.5. The van der Waals surface area contributed by atoms with Gasteiger partial charge in [-0.1, -0.05) is 0 Å². The predicted octanol–water partition coefficient (Wildman–Crippen LogP) is -5.64. The number of likely N-dealkylation sites (N-methyl/N-ethyl adjacent to an activating group) is 1. The molecule has 0 aliphatic carbocycles. The second-order valence-corrected chi connectivity index (χ2v) is 10.5. The SMILES string of the molecule is C[N+](C)(C)CCO.Nc1ccn([C@@H]2O[C@H](COP(=O)(O)OP(=O)(O)O)[C@@H](O)[C@H]2O)c(=O)n1.[Na+]. The van der Waals surface area contributed by atoms with E-state index in [0.29, 0.717) is 0 Å². The third-order valence-electron chi connectivity index (χ3n) is 3.85. The van der Waals surface area contributed by atoms with Crippen molar-refractivity contribution in [1.82, 2.24) is 9.55 Å². The van der Waals surface area contributed by atoms with Gasteiger partial charge in [0.15, 0.2) is 6.23 Å². The molecule has 8 N–H and O–H groups in total. The van der Waals surface area contributed by atoms with E-state index in [2.05, 4.69) is 35.0 Å². The number of nitrogens with two attached hydrogens (primary N) is 1. The zero-order chi connectivity index (χ0) is 24.9. The van der Waals surface area contributed by atoms with Gasteiger partial charge in [0.1, 0.15) is 30.7 Å². The molecule has 33 heavy (non-hydrogen) atoms. The second-order valence-electron chi connectivity index (χ2n) is 7.66. The molecule has 1 aliphatic heterocycles. The standard InChI is InChI=1S/C9H15N3O11P2.C5H14NO.Na/c10-5-1-2-12(9(15)11-5)8-7(14)6(13)4(22-8)3-21-25(19,20)23-24(16,17)18;1-6(2,3)4-5-7;/h1-2,4,6-8,13-14H,3H2,(H,19,20)(H2,10,11,15)(H2,16,17,18);7H,4-5H2,1-3H3;/q;2*+1/t4-,6-,7-,8-;;/m1../s1. The van der Waals surface area contributed by atoms with Gasteiger partial charge < -0.3 is 45.0 Å². The first-order valence-electron chi connectivity index (χ1n) is 8.97. The van der Waals surface area contributed by atoms with E-state index in [1.54, 1.807) is 0 Å². The maximum Gasteiger partial charge on any atom is 1.00 e. The molecule has 19 heteroatoms. The van der Waals surface area contributed by atoms with Crippen molar-refractivity contribution in [2.75, 3.05) is 46.6 Å². The normalized spacial score (nSPS) is 24.9. The molecule has 1 aromatic rings. The molecule has 0 aromatic carbocycles. The summed E-state index contributed by atoms with van der Waals surface area (Å²) in [6.45, 7) is 0.239. The minimum absolute atomic E-state index is 0. The Balaban J connectivity index is 0.00000111. The summed E-state index contributed by atoms with van der Waals surface area (Å²) < 4.78 is 36.7. The van der Waals surface area contributed by atoms with Gasteiger partial charge in [0.2, 0.25) is 0 Å². The molecule has 0 saturated carbocycles. The molecule has 2 rings (SSSR count). The van der Waals surface area contributed by atoms with Gasteiger partial charge >= 0.3 is 50.9 Å². The monoisotopic (exact) mass is 530 g/mol. The molecule has 0 spiro atoms. The van der Waals surface area contributed by atoms with Crippen LogP contribution in [0.25, 0.3) is 0 Å². The molecule has 16 nitrogen and oxygen atoms in total. The third-order valence-corrected chi connectivity index (χ3v) is 6.00.